The Labute approximate surface area is 127 Å². The number of non-ortho nitro benzene ring substituents is 1. The maximum atomic E-state index is 10.8. The summed E-state index contributed by atoms with van der Waals surface area (Å²) in [6.45, 7) is 6.98. The molecule has 0 radical (unpaired) electrons. The van der Waals surface area contributed by atoms with Gasteiger partial charge in [0.1, 0.15) is 0 Å². The summed E-state index contributed by atoms with van der Waals surface area (Å²) in [4.78, 5) is 10.5. The Morgan fingerprint density at radius 1 is 1.19 bits per heavy atom. The van der Waals surface area contributed by atoms with Crippen LogP contribution in [0.15, 0.2) is 24.3 Å². The SMILES string of the molecule is CC(C)(C)C1CCCC(Nc2cccc([N+](=O)[O-])c2)CC1. The molecule has 0 heterocycles. The van der Waals surface area contributed by atoms with Crippen molar-refractivity contribution >= 4 is 11.4 Å². The Hall–Kier alpha value is -1.58. The number of rotatable bonds is 3. The van der Waals surface area contributed by atoms with Crippen molar-refractivity contribution in [3.05, 3.63) is 34.4 Å². The van der Waals surface area contributed by atoms with Crippen LogP contribution in [0.5, 0.6) is 0 Å². The second-order valence-corrected chi connectivity index (χ2v) is 7.22. The number of nitro groups is 1. The van der Waals surface area contributed by atoms with Crippen molar-refractivity contribution in [3.8, 4) is 0 Å². The molecule has 0 saturated heterocycles. The van der Waals surface area contributed by atoms with Crippen molar-refractivity contribution in [2.45, 2.75) is 58.9 Å². The average Bonchev–Trinajstić information content (AvgIpc) is 2.64. The number of nitrogens with one attached hydrogen (secondary N) is 1. The first kappa shape index (κ1) is 15.8. The average molecular weight is 290 g/mol. The minimum atomic E-state index is -0.339. The maximum Gasteiger partial charge on any atom is 0.271 e. The highest BCUT2D eigenvalue weighted by molar-refractivity contribution is 5.51. The highest BCUT2D eigenvalue weighted by atomic mass is 16.6. The van der Waals surface area contributed by atoms with Crippen molar-refractivity contribution in [2.24, 2.45) is 11.3 Å². The molecule has 2 atom stereocenters. The summed E-state index contributed by atoms with van der Waals surface area (Å²) in [5.41, 5.74) is 1.39. The van der Waals surface area contributed by atoms with E-state index in [9.17, 15) is 10.1 Å². The van der Waals surface area contributed by atoms with E-state index in [0.29, 0.717) is 11.5 Å². The Kier molecular flexibility index (Phi) is 4.86. The molecule has 1 aliphatic rings. The van der Waals surface area contributed by atoms with Gasteiger partial charge in [0.2, 0.25) is 0 Å². The number of benzene rings is 1. The highest BCUT2D eigenvalue weighted by Gasteiger charge is 2.27. The molecule has 1 fully saturated rings. The fourth-order valence-electron chi connectivity index (χ4n) is 3.26. The smallest absolute Gasteiger partial charge is 0.271 e. The Balaban J connectivity index is 1.98. The highest BCUT2D eigenvalue weighted by Crippen LogP contribution is 2.37. The van der Waals surface area contributed by atoms with Crippen LogP contribution in [0.3, 0.4) is 0 Å². The molecule has 1 aromatic carbocycles. The molecule has 0 aliphatic heterocycles. The van der Waals surface area contributed by atoms with Gasteiger partial charge in [-0.1, -0.05) is 33.3 Å². The molecule has 4 nitrogen and oxygen atoms in total. The number of hydrogen-bond acceptors (Lipinski definition) is 3. The quantitative estimate of drug-likeness (QED) is 0.484. The van der Waals surface area contributed by atoms with Crippen LogP contribution in [0.2, 0.25) is 0 Å². The topological polar surface area (TPSA) is 55.2 Å². The zero-order valence-electron chi connectivity index (χ0n) is 13.3. The van der Waals surface area contributed by atoms with Gasteiger partial charge in [-0.3, -0.25) is 10.1 Å². The van der Waals surface area contributed by atoms with Crippen molar-refractivity contribution in [2.75, 3.05) is 5.32 Å². The molecular weight excluding hydrogens is 264 g/mol. The molecule has 1 N–H and O–H groups in total. The summed E-state index contributed by atoms with van der Waals surface area (Å²) in [5.74, 6) is 0.773. The predicted octanol–water partition coefficient (Wildman–Crippen LogP) is 5.00. The molecule has 4 heteroatoms. The lowest BCUT2D eigenvalue weighted by Crippen LogP contribution is -2.21. The van der Waals surface area contributed by atoms with Gasteiger partial charge in [-0.25, -0.2) is 0 Å². The van der Waals surface area contributed by atoms with E-state index >= 15 is 0 Å². The fourth-order valence-corrected chi connectivity index (χ4v) is 3.26. The van der Waals surface area contributed by atoms with E-state index in [1.807, 2.05) is 6.07 Å². The first-order chi connectivity index (χ1) is 9.86. The van der Waals surface area contributed by atoms with Crippen LogP contribution < -0.4 is 5.32 Å². The second-order valence-electron chi connectivity index (χ2n) is 7.22. The zero-order chi connectivity index (χ0) is 15.5. The van der Waals surface area contributed by atoms with E-state index < -0.39 is 0 Å². The van der Waals surface area contributed by atoms with Crippen LogP contribution in [0, 0.1) is 21.4 Å². The summed E-state index contributed by atoms with van der Waals surface area (Å²) >= 11 is 0. The van der Waals surface area contributed by atoms with Gasteiger partial charge in [-0.15, -0.1) is 0 Å². The third-order valence-corrected chi connectivity index (χ3v) is 4.62. The summed E-state index contributed by atoms with van der Waals surface area (Å²) in [5, 5.41) is 14.3. The summed E-state index contributed by atoms with van der Waals surface area (Å²) < 4.78 is 0. The number of anilines is 1. The Morgan fingerprint density at radius 2 is 1.95 bits per heavy atom. The molecule has 2 rings (SSSR count). The molecule has 2 unspecified atom stereocenters. The molecule has 1 aliphatic carbocycles. The lowest BCUT2D eigenvalue weighted by atomic mass is 9.76. The number of nitrogens with zero attached hydrogens (tertiary/aromatic N) is 1. The molecule has 21 heavy (non-hydrogen) atoms. The van der Waals surface area contributed by atoms with E-state index in [1.165, 1.54) is 25.3 Å². The maximum absolute atomic E-state index is 10.8. The third kappa shape index (κ3) is 4.45. The molecule has 0 aromatic heterocycles. The van der Waals surface area contributed by atoms with Gasteiger partial charge in [-0.2, -0.15) is 0 Å². The summed E-state index contributed by atoms with van der Waals surface area (Å²) in [6, 6.07) is 7.26. The van der Waals surface area contributed by atoms with Gasteiger partial charge in [0, 0.05) is 23.9 Å². The van der Waals surface area contributed by atoms with E-state index in [0.717, 1.165) is 24.4 Å². The van der Waals surface area contributed by atoms with Crippen LogP contribution in [-0.2, 0) is 0 Å². The van der Waals surface area contributed by atoms with Gasteiger partial charge in [0.05, 0.1) is 4.92 Å². The fraction of sp³-hybridized carbons (Fsp3) is 0.647. The number of hydrogen-bond donors (Lipinski definition) is 1. The van der Waals surface area contributed by atoms with E-state index in [-0.39, 0.29) is 10.6 Å². The second kappa shape index (κ2) is 6.46. The van der Waals surface area contributed by atoms with Gasteiger partial charge >= 0.3 is 0 Å². The lowest BCUT2D eigenvalue weighted by Gasteiger charge is -2.29. The molecular formula is C17H26N2O2. The monoisotopic (exact) mass is 290 g/mol. The Morgan fingerprint density at radius 3 is 2.62 bits per heavy atom. The predicted molar refractivity (Wildman–Crippen MR) is 86.5 cm³/mol. The van der Waals surface area contributed by atoms with E-state index in [1.54, 1.807) is 12.1 Å². The molecule has 0 bridgehead atoms. The molecule has 1 saturated carbocycles. The molecule has 0 spiro atoms. The normalized spacial score (nSPS) is 23.4. The van der Waals surface area contributed by atoms with Crippen molar-refractivity contribution < 1.29 is 4.92 Å². The summed E-state index contributed by atoms with van der Waals surface area (Å²) in [7, 11) is 0. The van der Waals surface area contributed by atoms with Crippen molar-refractivity contribution in [1.29, 1.82) is 0 Å². The minimum absolute atomic E-state index is 0.154. The molecule has 1 aromatic rings. The van der Waals surface area contributed by atoms with Crippen LogP contribution in [-0.4, -0.2) is 11.0 Å². The van der Waals surface area contributed by atoms with Crippen LogP contribution in [0.25, 0.3) is 0 Å². The van der Waals surface area contributed by atoms with Crippen molar-refractivity contribution in [3.63, 3.8) is 0 Å². The minimum Gasteiger partial charge on any atom is -0.382 e. The standard InChI is InChI=1S/C17H26N2O2/c1-17(2,3)13-6-4-7-14(11-10-13)18-15-8-5-9-16(12-15)19(20)21/h5,8-9,12-14,18H,4,6-7,10-11H2,1-3H3. The first-order valence-electron chi connectivity index (χ1n) is 7.87. The van der Waals surface area contributed by atoms with E-state index in [2.05, 4.69) is 26.1 Å². The van der Waals surface area contributed by atoms with Crippen LogP contribution in [0.1, 0.15) is 52.9 Å². The van der Waals surface area contributed by atoms with Gasteiger partial charge in [0.15, 0.2) is 0 Å². The lowest BCUT2D eigenvalue weighted by molar-refractivity contribution is -0.384. The largest absolute Gasteiger partial charge is 0.382 e. The van der Waals surface area contributed by atoms with Crippen LogP contribution in [0.4, 0.5) is 11.4 Å². The first-order valence-corrected chi connectivity index (χ1v) is 7.87. The van der Waals surface area contributed by atoms with Gasteiger partial charge in [-0.05, 0) is 43.1 Å². The van der Waals surface area contributed by atoms with Gasteiger partial charge in [0.25, 0.3) is 5.69 Å². The Bertz CT molecular complexity index is 494. The number of nitro benzene ring substituents is 1. The summed E-state index contributed by atoms with van der Waals surface area (Å²) in [6.07, 6.45) is 6.04. The third-order valence-electron chi connectivity index (χ3n) is 4.62. The molecule has 0 amide bonds. The zero-order valence-corrected chi connectivity index (χ0v) is 13.3. The van der Waals surface area contributed by atoms with Gasteiger partial charge < -0.3 is 5.32 Å². The van der Waals surface area contributed by atoms with Crippen LogP contribution >= 0.6 is 0 Å². The molecule has 116 valence electrons. The van der Waals surface area contributed by atoms with E-state index in [4.69, 9.17) is 0 Å². The van der Waals surface area contributed by atoms with Crippen molar-refractivity contribution in [1.82, 2.24) is 0 Å².